The molecule has 94 valence electrons. The van der Waals surface area contributed by atoms with E-state index in [1.54, 1.807) is 6.07 Å². The van der Waals surface area contributed by atoms with Crippen LogP contribution < -0.4 is 0 Å². The summed E-state index contributed by atoms with van der Waals surface area (Å²) in [5.74, 6) is 0.750. The lowest BCUT2D eigenvalue weighted by molar-refractivity contribution is 0.463. The van der Waals surface area contributed by atoms with Crippen LogP contribution in [0, 0.1) is 11.8 Å². The van der Waals surface area contributed by atoms with E-state index < -0.39 is 10.0 Å². The Bertz CT molecular complexity index is 508. The van der Waals surface area contributed by atoms with Crippen molar-refractivity contribution in [2.24, 2.45) is 11.8 Å². The van der Waals surface area contributed by atoms with Crippen molar-refractivity contribution in [1.29, 1.82) is 0 Å². The minimum Gasteiger partial charge on any atom is -0.243 e. The second kappa shape index (κ2) is 4.55. The van der Waals surface area contributed by atoms with Gasteiger partial charge in [0, 0.05) is 19.3 Å². The predicted octanol–water partition coefficient (Wildman–Crippen LogP) is 2.01. The number of sulfonamides is 1. The minimum atomic E-state index is -3.50. The second-order valence-electron chi connectivity index (χ2n) is 4.57. The monoisotopic (exact) mass is 274 g/mol. The van der Waals surface area contributed by atoms with Crippen LogP contribution >= 0.6 is 11.6 Å². The molecule has 2 rings (SSSR count). The van der Waals surface area contributed by atoms with Gasteiger partial charge in [-0.3, -0.25) is 0 Å². The number of hydrogen-bond donors (Lipinski definition) is 0. The Morgan fingerprint density at radius 2 is 1.94 bits per heavy atom. The van der Waals surface area contributed by atoms with Crippen molar-refractivity contribution in [3.63, 3.8) is 0 Å². The van der Waals surface area contributed by atoms with E-state index in [2.05, 4.69) is 18.8 Å². The molecule has 1 aromatic heterocycles. The largest absolute Gasteiger partial charge is 0.246 e. The Morgan fingerprint density at radius 3 is 2.47 bits per heavy atom. The van der Waals surface area contributed by atoms with Crippen molar-refractivity contribution in [2.75, 3.05) is 13.1 Å². The molecule has 2 heterocycles. The molecule has 0 bridgehead atoms. The first-order chi connectivity index (χ1) is 7.93. The maximum atomic E-state index is 12.3. The van der Waals surface area contributed by atoms with Crippen LogP contribution in [0.5, 0.6) is 0 Å². The molecule has 1 aromatic rings. The Kier molecular flexibility index (Phi) is 3.43. The number of aromatic nitrogens is 1. The standard InChI is InChI=1S/C11H15ClN2O2S/c1-8-6-14(7-9(8)2)17(15,16)10-4-3-5-13-11(10)12/h3-5,8-9H,6-7H2,1-2H3. The summed E-state index contributed by atoms with van der Waals surface area (Å²) in [4.78, 5) is 3.91. The van der Waals surface area contributed by atoms with Crippen LogP contribution in [-0.4, -0.2) is 30.8 Å². The SMILES string of the molecule is CC1CN(S(=O)(=O)c2cccnc2Cl)CC1C. The molecule has 1 aliphatic rings. The van der Waals surface area contributed by atoms with Crippen LogP contribution in [0.3, 0.4) is 0 Å². The Labute approximate surface area is 107 Å². The summed E-state index contributed by atoms with van der Waals surface area (Å²) in [5.41, 5.74) is 0. The maximum absolute atomic E-state index is 12.3. The second-order valence-corrected chi connectivity index (χ2v) is 6.83. The summed E-state index contributed by atoms with van der Waals surface area (Å²) in [6.07, 6.45) is 1.48. The zero-order valence-corrected chi connectivity index (χ0v) is 11.4. The molecule has 0 spiro atoms. The third kappa shape index (κ3) is 2.32. The highest BCUT2D eigenvalue weighted by Crippen LogP contribution is 2.29. The molecule has 0 N–H and O–H groups in total. The molecule has 0 saturated carbocycles. The number of nitrogens with zero attached hydrogens (tertiary/aromatic N) is 2. The van der Waals surface area contributed by atoms with Crippen molar-refractivity contribution < 1.29 is 8.42 Å². The van der Waals surface area contributed by atoms with E-state index in [1.807, 2.05) is 0 Å². The lowest BCUT2D eigenvalue weighted by Crippen LogP contribution is -2.29. The summed E-state index contributed by atoms with van der Waals surface area (Å²) in [6, 6.07) is 3.08. The van der Waals surface area contributed by atoms with Gasteiger partial charge in [0.25, 0.3) is 0 Å². The van der Waals surface area contributed by atoms with E-state index in [9.17, 15) is 8.42 Å². The molecule has 2 unspecified atom stereocenters. The van der Waals surface area contributed by atoms with Gasteiger partial charge in [0.15, 0.2) is 0 Å². The highest BCUT2D eigenvalue weighted by atomic mass is 35.5. The van der Waals surface area contributed by atoms with E-state index in [0.717, 1.165) is 0 Å². The van der Waals surface area contributed by atoms with Gasteiger partial charge in [-0.05, 0) is 24.0 Å². The normalized spacial score (nSPS) is 26.3. The summed E-state index contributed by atoms with van der Waals surface area (Å²) < 4.78 is 26.2. The number of halogens is 1. The van der Waals surface area contributed by atoms with E-state index in [-0.39, 0.29) is 10.0 Å². The number of hydrogen-bond acceptors (Lipinski definition) is 3. The van der Waals surface area contributed by atoms with Gasteiger partial charge in [0.2, 0.25) is 10.0 Å². The molecule has 0 aliphatic carbocycles. The maximum Gasteiger partial charge on any atom is 0.246 e. The molecular weight excluding hydrogens is 260 g/mol. The first-order valence-corrected chi connectivity index (χ1v) is 7.35. The van der Waals surface area contributed by atoms with Crippen LogP contribution in [0.1, 0.15) is 13.8 Å². The molecule has 1 fully saturated rings. The topological polar surface area (TPSA) is 50.3 Å². The lowest BCUT2D eigenvalue weighted by atomic mass is 10.0. The van der Waals surface area contributed by atoms with Crippen LogP contribution in [0.4, 0.5) is 0 Å². The van der Waals surface area contributed by atoms with Gasteiger partial charge >= 0.3 is 0 Å². The lowest BCUT2D eigenvalue weighted by Gasteiger charge is -2.16. The summed E-state index contributed by atoms with van der Waals surface area (Å²) in [5, 5.41) is 0.0414. The van der Waals surface area contributed by atoms with Gasteiger partial charge < -0.3 is 0 Å². The first-order valence-electron chi connectivity index (χ1n) is 5.53. The molecule has 2 atom stereocenters. The molecular formula is C11H15ClN2O2S. The smallest absolute Gasteiger partial charge is 0.243 e. The molecule has 0 amide bonds. The third-order valence-corrected chi connectivity index (χ3v) is 5.57. The molecule has 17 heavy (non-hydrogen) atoms. The van der Waals surface area contributed by atoms with Gasteiger partial charge in [-0.2, -0.15) is 4.31 Å². The van der Waals surface area contributed by atoms with Gasteiger partial charge in [0.1, 0.15) is 10.0 Å². The van der Waals surface area contributed by atoms with Crippen LogP contribution in [0.25, 0.3) is 0 Å². The van der Waals surface area contributed by atoms with Gasteiger partial charge in [-0.25, -0.2) is 13.4 Å². The van der Waals surface area contributed by atoms with Crippen LogP contribution in [0.15, 0.2) is 23.2 Å². The van der Waals surface area contributed by atoms with Gasteiger partial charge in [0.05, 0.1) is 0 Å². The fraction of sp³-hybridized carbons (Fsp3) is 0.545. The van der Waals surface area contributed by atoms with E-state index in [0.29, 0.717) is 24.9 Å². The molecule has 4 nitrogen and oxygen atoms in total. The van der Waals surface area contributed by atoms with Crippen molar-refractivity contribution in [2.45, 2.75) is 18.7 Å². The average Bonchev–Trinajstić information content (AvgIpc) is 2.60. The summed E-state index contributed by atoms with van der Waals surface area (Å²) >= 11 is 5.84. The van der Waals surface area contributed by atoms with Crippen molar-refractivity contribution >= 4 is 21.6 Å². The van der Waals surface area contributed by atoms with Crippen LogP contribution in [0.2, 0.25) is 5.15 Å². The zero-order chi connectivity index (χ0) is 12.6. The van der Waals surface area contributed by atoms with E-state index in [4.69, 9.17) is 11.6 Å². The average molecular weight is 275 g/mol. The predicted molar refractivity (Wildman–Crippen MR) is 66.3 cm³/mol. The van der Waals surface area contributed by atoms with E-state index in [1.165, 1.54) is 16.6 Å². The Balaban J connectivity index is 2.36. The minimum absolute atomic E-state index is 0.0414. The zero-order valence-electron chi connectivity index (χ0n) is 9.80. The van der Waals surface area contributed by atoms with Gasteiger partial charge in [-0.15, -0.1) is 0 Å². The quantitative estimate of drug-likeness (QED) is 0.775. The molecule has 0 radical (unpaired) electrons. The highest BCUT2D eigenvalue weighted by molar-refractivity contribution is 7.89. The van der Waals surface area contributed by atoms with Gasteiger partial charge in [-0.1, -0.05) is 25.4 Å². The summed E-state index contributed by atoms with van der Waals surface area (Å²) in [7, 11) is -3.50. The van der Waals surface area contributed by atoms with E-state index >= 15 is 0 Å². The molecule has 6 heteroatoms. The van der Waals surface area contributed by atoms with Crippen molar-refractivity contribution in [1.82, 2.24) is 9.29 Å². The Hall–Kier alpha value is -0.650. The van der Waals surface area contributed by atoms with Crippen LogP contribution in [-0.2, 0) is 10.0 Å². The fourth-order valence-corrected chi connectivity index (χ4v) is 4.04. The molecule has 0 aromatic carbocycles. The number of pyridine rings is 1. The highest BCUT2D eigenvalue weighted by Gasteiger charge is 2.36. The molecule has 1 aliphatic heterocycles. The summed E-state index contributed by atoms with van der Waals surface area (Å²) in [6.45, 7) is 5.22. The third-order valence-electron chi connectivity index (χ3n) is 3.30. The Morgan fingerprint density at radius 1 is 1.35 bits per heavy atom. The molecule has 1 saturated heterocycles. The number of rotatable bonds is 2. The van der Waals surface area contributed by atoms with Crippen molar-refractivity contribution in [3.05, 3.63) is 23.5 Å². The first kappa shape index (κ1) is 12.8. The van der Waals surface area contributed by atoms with Crippen molar-refractivity contribution in [3.8, 4) is 0 Å². The fourth-order valence-electron chi connectivity index (χ4n) is 1.98.